The number of hydrogen-bond acceptors (Lipinski definition) is 4. The summed E-state index contributed by atoms with van der Waals surface area (Å²) in [5, 5.41) is 6.30. The number of pyridine rings is 1. The van der Waals surface area contributed by atoms with E-state index in [2.05, 4.69) is 25.6 Å². The first kappa shape index (κ1) is 18.4. The Labute approximate surface area is 169 Å². The van der Waals surface area contributed by atoms with Crippen LogP contribution in [0.1, 0.15) is 21.6 Å². The molecule has 0 bridgehead atoms. The molecule has 4 rings (SSSR count). The van der Waals surface area contributed by atoms with E-state index in [4.69, 9.17) is 0 Å². The third kappa shape index (κ3) is 4.50. The molecule has 1 amide bonds. The molecule has 6 nitrogen and oxygen atoms in total. The second-order valence-electron chi connectivity index (χ2n) is 6.67. The predicted molar refractivity (Wildman–Crippen MR) is 115 cm³/mol. The molecule has 0 atom stereocenters. The van der Waals surface area contributed by atoms with Crippen LogP contribution in [0.5, 0.6) is 0 Å². The van der Waals surface area contributed by atoms with Gasteiger partial charge < -0.3 is 15.6 Å². The number of H-pyrrole nitrogens is 1. The number of imidazole rings is 1. The summed E-state index contributed by atoms with van der Waals surface area (Å²) in [6.07, 6.45) is 5.25. The molecule has 0 spiro atoms. The van der Waals surface area contributed by atoms with Crippen molar-refractivity contribution in [3.05, 3.63) is 96.1 Å². The van der Waals surface area contributed by atoms with Crippen LogP contribution in [0, 0.1) is 6.92 Å². The molecule has 2 aromatic carbocycles. The van der Waals surface area contributed by atoms with Crippen LogP contribution in [0.25, 0.3) is 11.4 Å². The van der Waals surface area contributed by atoms with Gasteiger partial charge in [0.15, 0.2) is 0 Å². The van der Waals surface area contributed by atoms with Gasteiger partial charge in [-0.25, -0.2) is 4.98 Å². The quantitative estimate of drug-likeness (QED) is 0.453. The molecule has 0 unspecified atom stereocenters. The molecule has 2 aromatic heterocycles. The molecule has 2 heterocycles. The minimum absolute atomic E-state index is 0.152. The highest BCUT2D eigenvalue weighted by molar-refractivity contribution is 6.05. The zero-order valence-corrected chi connectivity index (χ0v) is 16.0. The van der Waals surface area contributed by atoms with Gasteiger partial charge in [-0.05, 0) is 55.0 Å². The maximum atomic E-state index is 12.7. The summed E-state index contributed by atoms with van der Waals surface area (Å²) in [6.45, 7) is 2.59. The summed E-state index contributed by atoms with van der Waals surface area (Å²) in [5.41, 5.74) is 5.16. The Morgan fingerprint density at radius 1 is 1.00 bits per heavy atom. The van der Waals surface area contributed by atoms with E-state index in [9.17, 15) is 4.79 Å². The minimum Gasteiger partial charge on any atom is -0.379 e. The van der Waals surface area contributed by atoms with Crippen LogP contribution in [0.3, 0.4) is 0 Å². The third-order valence-corrected chi connectivity index (χ3v) is 4.60. The summed E-state index contributed by atoms with van der Waals surface area (Å²) in [6, 6.07) is 19.1. The number of aromatic amines is 1. The van der Waals surface area contributed by atoms with E-state index < -0.39 is 0 Å². The zero-order valence-electron chi connectivity index (χ0n) is 16.0. The van der Waals surface area contributed by atoms with Gasteiger partial charge in [0.05, 0.1) is 12.2 Å². The molecule has 0 radical (unpaired) electrons. The highest BCUT2D eigenvalue weighted by atomic mass is 16.1. The average Bonchev–Trinajstić information content (AvgIpc) is 3.30. The van der Waals surface area contributed by atoms with Crippen molar-refractivity contribution in [1.82, 2.24) is 15.0 Å². The summed E-state index contributed by atoms with van der Waals surface area (Å²) < 4.78 is 0. The van der Waals surface area contributed by atoms with Crippen LogP contribution in [0.4, 0.5) is 11.4 Å². The van der Waals surface area contributed by atoms with Gasteiger partial charge in [0.1, 0.15) is 5.82 Å². The topological polar surface area (TPSA) is 82.7 Å². The lowest BCUT2D eigenvalue weighted by atomic mass is 10.1. The number of nitrogens with one attached hydrogen (secondary N) is 3. The standard InChI is InChI=1S/C23H21N5O/c1-16-5-6-18(22-25-12-13-26-22)14-21(16)28-23(29)17-7-9-19(10-8-17)27-15-20-4-2-3-11-24-20/h2-14,27H,15H2,1H3,(H,25,26)(H,28,29). The van der Waals surface area contributed by atoms with Crippen LogP contribution < -0.4 is 10.6 Å². The number of amides is 1. The largest absolute Gasteiger partial charge is 0.379 e. The predicted octanol–water partition coefficient (Wildman–Crippen LogP) is 4.64. The van der Waals surface area contributed by atoms with Crippen molar-refractivity contribution in [1.29, 1.82) is 0 Å². The second-order valence-corrected chi connectivity index (χ2v) is 6.67. The smallest absolute Gasteiger partial charge is 0.255 e. The Kier molecular flexibility index (Phi) is 5.33. The van der Waals surface area contributed by atoms with E-state index >= 15 is 0 Å². The number of benzene rings is 2. The van der Waals surface area contributed by atoms with Crippen LogP contribution in [0.15, 0.2) is 79.3 Å². The number of rotatable bonds is 6. The average molecular weight is 383 g/mol. The summed E-state index contributed by atoms with van der Waals surface area (Å²) >= 11 is 0. The number of carbonyl (C=O) groups excluding carboxylic acids is 1. The molecular weight excluding hydrogens is 362 g/mol. The fourth-order valence-electron chi connectivity index (χ4n) is 2.96. The van der Waals surface area contributed by atoms with Crippen molar-refractivity contribution in [2.24, 2.45) is 0 Å². The van der Waals surface area contributed by atoms with Crippen LogP contribution in [-0.4, -0.2) is 20.9 Å². The molecule has 29 heavy (non-hydrogen) atoms. The molecule has 144 valence electrons. The van der Waals surface area contributed by atoms with Gasteiger partial charge in [0.2, 0.25) is 0 Å². The maximum Gasteiger partial charge on any atom is 0.255 e. The van der Waals surface area contributed by atoms with E-state index in [-0.39, 0.29) is 5.91 Å². The first-order valence-corrected chi connectivity index (χ1v) is 9.34. The number of aryl methyl sites for hydroxylation is 1. The highest BCUT2D eigenvalue weighted by Crippen LogP contribution is 2.23. The molecule has 0 aliphatic carbocycles. The lowest BCUT2D eigenvalue weighted by Gasteiger charge is -2.11. The summed E-state index contributed by atoms with van der Waals surface area (Å²) in [5.74, 6) is 0.616. The number of aromatic nitrogens is 3. The van der Waals surface area contributed by atoms with Gasteiger partial charge in [-0.2, -0.15) is 0 Å². The SMILES string of the molecule is Cc1ccc(-c2ncc[nH]2)cc1NC(=O)c1ccc(NCc2ccccn2)cc1. The summed E-state index contributed by atoms with van der Waals surface area (Å²) in [4.78, 5) is 24.3. The Balaban J connectivity index is 1.43. The van der Waals surface area contributed by atoms with Crippen molar-refractivity contribution in [2.45, 2.75) is 13.5 Å². The Morgan fingerprint density at radius 3 is 2.59 bits per heavy atom. The lowest BCUT2D eigenvalue weighted by molar-refractivity contribution is 0.102. The van der Waals surface area contributed by atoms with Gasteiger partial charge in [-0.1, -0.05) is 18.2 Å². The van der Waals surface area contributed by atoms with Crippen molar-refractivity contribution >= 4 is 17.3 Å². The first-order valence-electron chi connectivity index (χ1n) is 9.34. The molecule has 0 saturated carbocycles. The number of nitrogens with zero attached hydrogens (tertiary/aromatic N) is 2. The van der Waals surface area contributed by atoms with Crippen LogP contribution in [-0.2, 0) is 6.54 Å². The molecule has 0 aliphatic heterocycles. The Bertz CT molecular complexity index is 1090. The normalized spacial score (nSPS) is 10.5. The molecular formula is C23H21N5O. The number of hydrogen-bond donors (Lipinski definition) is 3. The molecule has 0 fully saturated rings. The second kappa shape index (κ2) is 8.39. The van der Waals surface area contributed by atoms with Crippen molar-refractivity contribution in [3.63, 3.8) is 0 Å². The van der Waals surface area contributed by atoms with Gasteiger partial charge in [0, 0.05) is 41.1 Å². The van der Waals surface area contributed by atoms with Crippen molar-refractivity contribution < 1.29 is 4.79 Å². The van der Waals surface area contributed by atoms with E-state index in [0.29, 0.717) is 12.1 Å². The van der Waals surface area contributed by atoms with E-state index in [1.807, 2.05) is 67.6 Å². The lowest BCUT2D eigenvalue weighted by Crippen LogP contribution is -2.13. The molecule has 4 aromatic rings. The van der Waals surface area contributed by atoms with Crippen LogP contribution >= 0.6 is 0 Å². The van der Waals surface area contributed by atoms with E-state index in [0.717, 1.165) is 34.0 Å². The highest BCUT2D eigenvalue weighted by Gasteiger charge is 2.10. The van der Waals surface area contributed by atoms with Crippen molar-refractivity contribution in [3.8, 4) is 11.4 Å². The maximum absolute atomic E-state index is 12.7. The fraction of sp³-hybridized carbons (Fsp3) is 0.0870. The van der Waals surface area contributed by atoms with Gasteiger partial charge >= 0.3 is 0 Å². The summed E-state index contributed by atoms with van der Waals surface area (Å²) in [7, 11) is 0. The van der Waals surface area contributed by atoms with E-state index in [1.165, 1.54) is 0 Å². The molecule has 6 heteroatoms. The number of anilines is 2. The van der Waals surface area contributed by atoms with Gasteiger partial charge in [-0.3, -0.25) is 9.78 Å². The molecule has 3 N–H and O–H groups in total. The van der Waals surface area contributed by atoms with Gasteiger partial charge in [-0.15, -0.1) is 0 Å². The fourth-order valence-corrected chi connectivity index (χ4v) is 2.96. The van der Waals surface area contributed by atoms with E-state index in [1.54, 1.807) is 18.6 Å². The van der Waals surface area contributed by atoms with Gasteiger partial charge in [0.25, 0.3) is 5.91 Å². The third-order valence-electron chi connectivity index (χ3n) is 4.60. The first-order chi connectivity index (χ1) is 14.2. The van der Waals surface area contributed by atoms with Crippen LogP contribution in [0.2, 0.25) is 0 Å². The number of carbonyl (C=O) groups is 1. The Morgan fingerprint density at radius 2 is 1.86 bits per heavy atom. The Hall–Kier alpha value is -3.93. The molecule has 0 saturated heterocycles. The van der Waals surface area contributed by atoms with Crippen molar-refractivity contribution in [2.75, 3.05) is 10.6 Å². The zero-order chi connectivity index (χ0) is 20.1. The molecule has 0 aliphatic rings. The monoisotopic (exact) mass is 383 g/mol. The minimum atomic E-state index is -0.152.